The smallest absolute Gasteiger partial charge is 0.335 e. The van der Waals surface area contributed by atoms with Crippen LogP contribution in [0.2, 0.25) is 0 Å². The molecule has 0 aliphatic heterocycles. The van der Waals surface area contributed by atoms with E-state index in [2.05, 4.69) is 15.4 Å². The molecule has 0 saturated carbocycles. The molecule has 6 nitrogen and oxygen atoms in total. The van der Waals surface area contributed by atoms with Crippen LogP contribution in [-0.4, -0.2) is 32.4 Å². The highest BCUT2D eigenvalue weighted by atomic mass is 16.4. The van der Waals surface area contributed by atoms with E-state index in [-0.39, 0.29) is 0 Å². The van der Waals surface area contributed by atoms with Crippen molar-refractivity contribution < 1.29 is 9.90 Å². The zero-order valence-corrected chi connectivity index (χ0v) is 10.9. The molecule has 0 unspecified atom stereocenters. The summed E-state index contributed by atoms with van der Waals surface area (Å²) < 4.78 is 1.67. The summed E-state index contributed by atoms with van der Waals surface area (Å²) >= 11 is 0. The fourth-order valence-corrected chi connectivity index (χ4v) is 1.83. The predicted octanol–water partition coefficient (Wildman–Crippen LogP) is 1.48. The van der Waals surface area contributed by atoms with Crippen LogP contribution in [0.4, 0.5) is 5.69 Å². The van der Waals surface area contributed by atoms with Gasteiger partial charge in [0.05, 0.1) is 5.56 Å². The molecule has 6 heteroatoms. The summed E-state index contributed by atoms with van der Waals surface area (Å²) in [4.78, 5) is 15.0. The van der Waals surface area contributed by atoms with Gasteiger partial charge in [0.15, 0.2) is 5.82 Å². The van der Waals surface area contributed by atoms with Crippen molar-refractivity contribution >= 4 is 11.7 Å². The summed E-state index contributed by atoms with van der Waals surface area (Å²) in [5, 5.41) is 16.4. The van der Waals surface area contributed by atoms with Gasteiger partial charge in [-0.3, -0.25) is 4.68 Å². The third-order valence-corrected chi connectivity index (χ3v) is 2.78. The average molecular weight is 260 g/mol. The molecule has 0 bridgehead atoms. The van der Waals surface area contributed by atoms with E-state index in [1.807, 2.05) is 13.1 Å². The van der Waals surface area contributed by atoms with Gasteiger partial charge in [-0.1, -0.05) is 0 Å². The number of carbonyl (C=O) groups is 1. The van der Waals surface area contributed by atoms with E-state index in [0.29, 0.717) is 12.1 Å². The van der Waals surface area contributed by atoms with E-state index in [0.717, 1.165) is 23.5 Å². The number of nitrogens with zero attached hydrogens (tertiary/aromatic N) is 3. The molecular formula is C13H16N4O2. The molecule has 0 spiro atoms. The summed E-state index contributed by atoms with van der Waals surface area (Å²) in [6.45, 7) is 2.49. The van der Waals surface area contributed by atoms with Crippen molar-refractivity contribution in [2.75, 3.05) is 11.9 Å². The number of benzene rings is 1. The summed E-state index contributed by atoms with van der Waals surface area (Å²) in [5.41, 5.74) is 1.98. The van der Waals surface area contributed by atoms with Crippen LogP contribution in [0, 0.1) is 6.92 Å². The summed E-state index contributed by atoms with van der Waals surface area (Å²) in [5.74, 6) is -0.115. The molecule has 0 radical (unpaired) electrons. The lowest BCUT2D eigenvalue weighted by Crippen LogP contribution is -2.07. The molecule has 2 rings (SSSR count). The Hall–Kier alpha value is -2.37. The van der Waals surface area contributed by atoms with E-state index < -0.39 is 5.97 Å². The first-order valence-corrected chi connectivity index (χ1v) is 5.98. The second-order valence-electron chi connectivity index (χ2n) is 4.35. The Morgan fingerprint density at radius 2 is 2.26 bits per heavy atom. The standard InChI is InChI=1S/C13H16N4O2/c1-9-7-10(3-4-11(9)13(18)19)14-6-5-12-15-8-17(2)16-12/h3-4,7-8,14H,5-6H2,1-2H3,(H,18,19). The fraction of sp³-hybridized carbons (Fsp3) is 0.308. The summed E-state index contributed by atoms with van der Waals surface area (Å²) in [6, 6.07) is 5.20. The van der Waals surface area contributed by atoms with Gasteiger partial charge in [-0.05, 0) is 30.7 Å². The largest absolute Gasteiger partial charge is 0.478 e. The van der Waals surface area contributed by atoms with Gasteiger partial charge in [-0.25, -0.2) is 9.78 Å². The molecule has 0 aliphatic carbocycles. The number of aryl methyl sites for hydroxylation is 2. The number of aromatic carboxylic acids is 1. The van der Waals surface area contributed by atoms with Crippen molar-refractivity contribution in [3.63, 3.8) is 0 Å². The monoisotopic (exact) mass is 260 g/mol. The molecule has 1 heterocycles. The SMILES string of the molecule is Cc1cc(NCCc2ncn(C)n2)ccc1C(=O)O. The second kappa shape index (κ2) is 5.51. The van der Waals surface area contributed by atoms with Crippen LogP contribution in [0.25, 0.3) is 0 Å². The molecule has 0 amide bonds. The molecule has 1 aromatic heterocycles. The molecule has 100 valence electrons. The van der Waals surface area contributed by atoms with Crippen molar-refractivity contribution in [2.24, 2.45) is 7.05 Å². The Balaban J connectivity index is 1.93. The Bertz CT molecular complexity index is 592. The minimum absolute atomic E-state index is 0.331. The Morgan fingerprint density at radius 1 is 1.47 bits per heavy atom. The lowest BCUT2D eigenvalue weighted by Gasteiger charge is -2.07. The van der Waals surface area contributed by atoms with E-state index in [4.69, 9.17) is 5.11 Å². The van der Waals surface area contributed by atoms with Crippen molar-refractivity contribution in [3.8, 4) is 0 Å². The average Bonchev–Trinajstić information content (AvgIpc) is 2.75. The van der Waals surface area contributed by atoms with Crippen molar-refractivity contribution in [2.45, 2.75) is 13.3 Å². The Kier molecular flexibility index (Phi) is 3.79. The number of carboxylic acid groups (broad SMARTS) is 1. The molecule has 0 fully saturated rings. The van der Waals surface area contributed by atoms with Crippen LogP contribution in [0.1, 0.15) is 21.7 Å². The van der Waals surface area contributed by atoms with Gasteiger partial charge < -0.3 is 10.4 Å². The maximum Gasteiger partial charge on any atom is 0.335 e. The first-order chi connectivity index (χ1) is 9.06. The highest BCUT2D eigenvalue weighted by Crippen LogP contribution is 2.15. The number of aromatic nitrogens is 3. The lowest BCUT2D eigenvalue weighted by atomic mass is 10.1. The molecular weight excluding hydrogens is 244 g/mol. The van der Waals surface area contributed by atoms with Crippen molar-refractivity contribution in [3.05, 3.63) is 41.5 Å². The number of nitrogens with one attached hydrogen (secondary N) is 1. The van der Waals surface area contributed by atoms with Crippen LogP contribution in [0.5, 0.6) is 0 Å². The molecule has 1 aromatic carbocycles. The van der Waals surface area contributed by atoms with E-state index in [9.17, 15) is 4.79 Å². The summed E-state index contributed by atoms with van der Waals surface area (Å²) in [6.07, 6.45) is 2.39. The van der Waals surface area contributed by atoms with E-state index in [1.165, 1.54) is 0 Å². The topological polar surface area (TPSA) is 80.0 Å². The molecule has 0 aliphatic rings. The molecule has 0 saturated heterocycles. The number of rotatable bonds is 5. The van der Waals surface area contributed by atoms with Crippen LogP contribution in [0.3, 0.4) is 0 Å². The first-order valence-electron chi connectivity index (χ1n) is 5.98. The van der Waals surface area contributed by atoms with Crippen LogP contribution < -0.4 is 5.32 Å². The number of hydrogen-bond acceptors (Lipinski definition) is 4. The lowest BCUT2D eigenvalue weighted by molar-refractivity contribution is 0.0696. The van der Waals surface area contributed by atoms with E-state index in [1.54, 1.807) is 30.1 Å². The molecule has 2 N–H and O–H groups in total. The second-order valence-corrected chi connectivity index (χ2v) is 4.35. The van der Waals surface area contributed by atoms with Gasteiger partial charge in [-0.2, -0.15) is 5.10 Å². The predicted molar refractivity (Wildman–Crippen MR) is 71.3 cm³/mol. The highest BCUT2D eigenvalue weighted by molar-refractivity contribution is 5.89. The van der Waals surface area contributed by atoms with Crippen molar-refractivity contribution in [1.29, 1.82) is 0 Å². The van der Waals surface area contributed by atoms with Crippen LogP contribution in [-0.2, 0) is 13.5 Å². The molecule has 2 aromatic rings. The van der Waals surface area contributed by atoms with Gasteiger partial charge in [0.25, 0.3) is 0 Å². The fourth-order valence-electron chi connectivity index (χ4n) is 1.83. The van der Waals surface area contributed by atoms with Gasteiger partial charge in [0.2, 0.25) is 0 Å². The number of anilines is 1. The zero-order valence-electron chi connectivity index (χ0n) is 10.9. The minimum Gasteiger partial charge on any atom is -0.478 e. The van der Waals surface area contributed by atoms with Crippen molar-refractivity contribution in [1.82, 2.24) is 14.8 Å². The minimum atomic E-state index is -0.901. The first kappa shape index (κ1) is 13.1. The normalized spacial score (nSPS) is 10.4. The Labute approximate surface area is 111 Å². The van der Waals surface area contributed by atoms with Gasteiger partial charge >= 0.3 is 5.97 Å². The molecule has 19 heavy (non-hydrogen) atoms. The van der Waals surface area contributed by atoms with Gasteiger partial charge in [0.1, 0.15) is 6.33 Å². The van der Waals surface area contributed by atoms with Crippen LogP contribution >= 0.6 is 0 Å². The Morgan fingerprint density at radius 3 is 2.84 bits per heavy atom. The van der Waals surface area contributed by atoms with Crippen LogP contribution in [0.15, 0.2) is 24.5 Å². The van der Waals surface area contributed by atoms with E-state index >= 15 is 0 Å². The van der Waals surface area contributed by atoms with Gasteiger partial charge in [-0.15, -0.1) is 0 Å². The third kappa shape index (κ3) is 3.31. The van der Waals surface area contributed by atoms with Gasteiger partial charge in [0, 0.05) is 25.7 Å². The zero-order chi connectivity index (χ0) is 13.8. The highest BCUT2D eigenvalue weighted by Gasteiger charge is 2.07. The maximum atomic E-state index is 10.9. The molecule has 0 atom stereocenters. The third-order valence-electron chi connectivity index (χ3n) is 2.78. The maximum absolute atomic E-state index is 10.9. The number of carboxylic acids is 1. The quantitative estimate of drug-likeness (QED) is 0.851. The summed E-state index contributed by atoms with van der Waals surface area (Å²) in [7, 11) is 1.83. The number of hydrogen-bond donors (Lipinski definition) is 2.